The average molecular weight is 467 g/mol. The molecule has 2 aromatic heterocycles. The minimum atomic E-state index is 0.288. The Morgan fingerprint density at radius 2 is 1.69 bits per heavy atom. The van der Waals surface area contributed by atoms with Gasteiger partial charge in [0.15, 0.2) is 0 Å². The Kier molecular flexibility index (Phi) is 5.74. The highest BCUT2D eigenvalue weighted by Crippen LogP contribution is 2.32. The highest BCUT2D eigenvalue weighted by atomic mass is 16.5. The largest absolute Gasteiger partial charge is 0.497 e. The number of amides is 1. The third kappa shape index (κ3) is 4.42. The van der Waals surface area contributed by atoms with Gasteiger partial charge >= 0.3 is 0 Å². The monoisotopic (exact) mass is 466 g/mol. The fourth-order valence-electron chi connectivity index (χ4n) is 4.97. The highest BCUT2D eigenvalue weighted by Gasteiger charge is 2.34. The standard InChI is InChI=1S/C29H30N4O2/c1-35-25-9-5-8-23(18-25)28-26(20-31-14-16-32(17-15-31)29(34)22-10-11-22)33-19-24(12-13-27(33)30-28)21-6-3-2-4-7-21/h2-9,12-13,18-19,22H,10-11,14-17,20H2,1H3. The number of piperazine rings is 1. The first kappa shape index (κ1) is 21.9. The second kappa shape index (κ2) is 9.19. The second-order valence-corrected chi connectivity index (χ2v) is 9.53. The van der Waals surface area contributed by atoms with Gasteiger partial charge in [-0.1, -0.05) is 42.5 Å². The normalized spacial score (nSPS) is 16.5. The van der Waals surface area contributed by atoms with Gasteiger partial charge in [-0.05, 0) is 48.2 Å². The topological polar surface area (TPSA) is 50.1 Å². The fraction of sp³-hybridized carbons (Fsp3) is 0.310. The van der Waals surface area contributed by atoms with Gasteiger partial charge in [-0.2, -0.15) is 0 Å². The predicted octanol–water partition coefficient (Wildman–Crippen LogP) is 4.73. The van der Waals surface area contributed by atoms with Crippen molar-refractivity contribution in [2.45, 2.75) is 19.4 Å². The first-order valence-electron chi connectivity index (χ1n) is 12.4. The lowest BCUT2D eigenvalue weighted by Gasteiger charge is -2.35. The molecular formula is C29H30N4O2. The molecule has 0 bridgehead atoms. The van der Waals surface area contributed by atoms with E-state index in [4.69, 9.17) is 9.72 Å². The Morgan fingerprint density at radius 3 is 2.43 bits per heavy atom. The Labute approximate surface area is 205 Å². The van der Waals surface area contributed by atoms with Crippen LogP contribution in [0.25, 0.3) is 28.0 Å². The molecule has 6 heteroatoms. The molecule has 2 aliphatic rings. The van der Waals surface area contributed by atoms with Crippen LogP contribution in [0.15, 0.2) is 72.9 Å². The van der Waals surface area contributed by atoms with Crippen molar-refractivity contribution < 1.29 is 9.53 Å². The van der Waals surface area contributed by atoms with E-state index in [1.807, 2.05) is 18.2 Å². The third-order valence-corrected chi connectivity index (χ3v) is 7.15. The molecule has 1 aliphatic carbocycles. The first-order valence-corrected chi connectivity index (χ1v) is 12.4. The summed E-state index contributed by atoms with van der Waals surface area (Å²) in [7, 11) is 1.69. The molecule has 1 saturated heterocycles. The molecule has 1 amide bonds. The molecule has 4 aromatic rings. The van der Waals surface area contributed by atoms with Crippen molar-refractivity contribution in [1.29, 1.82) is 0 Å². The SMILES string of the molecule is COc1cccc(-c2nc3ccc(-c4ccccc4)cn3c2CN2CCN(C(=O)C3CC3)CC2)c1. The van der Waals surface area contributed by atoms with E-state index in [0.29, 0.717) is 5.91 Å². The summed E-state index contributed by atoms with van der Waals surface area (Å²) in [5.74, 6) is 1.46. The van der Waals surface area contributed by atoms with Crippen molar-refractivity contribution in [3.63, 3.8) is 0 Å². The Hall–Kier alpha value is -3.64. The van der Waals surface area contributed by atoms with Crippen LogP contribution in [0, 0.1) is 5.92 Å². The maximum atomic E-state index is 12.5. The van der Waals surface area contributed by atoms with Crippen molar-refractivity contribution in [3.8, 4) is 28.1 Å². The van der Waals surface area contributed by atoms with E-state index >= 15 is 0 Å². The van der Waals surface area contributed by atoms with E-state index in [2.05, 4.69) is 68.9 Å². The van der Waals surface area contributed by atoms with Crippen LogP contribution in [0.2, 0.25) is 0 Å². The molecular weight excluding hydrogens is 436 g/mol. The molecule has 0 spiro atoms. The zero-order valence-corrected chi connectivity index (χ0v) is 20.1. The number of aromatic nitrogens is 2. The van der Waals surface area contributed by atoms with Crippen molar-refractivity contribution in [2.75, 3.05) is 33.3 Å². The molecule has 35 heavy (non-hydrogen) atoms. The van der Waals surface area contributed by atoms with E-state index < -0.39 is 0 Å². The number of nitrogens with zero attached hydrogens (tertiary/aromatic N) is 4. The predicted molar refractivity (Wildman–Crippen MR) is 137 cm³/mol. The molecule has 1 saturated carbocycles. The number of carbonyl (C=O) groups excluding carboxylic acids is 1. The van der Waals surface area contributed by atoms with E-state index in [9.17, 15) is 4.79 Å². The summed E-state index contributed by atoms with van der Waals surface area (Å²) >= 11 is 0. The maximum absolute atomic E-state index is 12.5. The summed E-state index contributed by atoms with van der Waals surface area (Å²) in [6.07, 6.45) is 4.33. The van der Waals surface area contributed by atoms with Gasteiger partial charge in [-0.15, -0.1) is 0 Å². The van der Waals surface area contributed by atoms with E-state index in [0.717, 1.165) is 79.5 Å². The van der Waals surface area contributed by atoms with Crippen molar-refractivity contribution in [2.24, 2.45) is 5.92 Å². The molecule has 0 N–H and O–H groups in total. The minimum Gasteiger partial charge on any atom is -0.497 e. The molecule has 3 heterocycles. The van der Waals surface area contributed by atoms with Gasteiger partial charge in [0, 0.05) is 50.4 Å². The van der Waals surface area contributed by atoms with Crippen LogP contribution in [0.3, 0.4) is 0 Å². The third-order valence-electron chi connectivity index (χ3n) is 7.15. The quantitative estimate of drug-likeness (QED) is 0.412. The van der Waals surface area contributed by atoms with Gasteiger partial charge in [-0.3, -0.25) is 9.69 Å². The summed E-state index contributed by atoms with van der Waals surface area (Å²) in [6.45, 7) is 4.13. The van der Waals surface area contributed by atoms with Crippen LogP contribution in [0.5, 0.6) is 5.75 Å². The lowest BCUT2D eigenvalue weighted by Crippen LogP contribution is -2.48. The molecule has 6 nitrogen and oxygen atoms in total. The van der Waals surface area contributed by atoms with E-state index in [-0.39, 0.29) is 5.92 Å². The second-order valence-electron chi connectivity index (χ2n) is 9.53. The average Bonchev–Trinajstić information content (AvgIpc) is 3.71. The first-order chi connectivity index (χ1) is 17.2. The Balaban J connectivity index is 1.36. The number of methoxy groups -OCH3 is 1. The van der Waals surface area contributed by atoms with Crippen LogP contribution in [0.1, 0.15) is 18.5 Å². The number of hydrogen-bond donors (Lipinski definition) is 0. The fourth-order valence-corrected chi connectivity index (χ4v) is 4.97. The molecule has 0 unspecified atom stereocenters. The molecule has 178 valence electrons. The number of rotatable bonds is 6. The summed E-state index contributed by atoms with van der Waals surface area (Å²) in [6, 6.07) is 22.8. The lowest BCUT2D eigenvalue weighted by atomic mass is 10.1. The smallest absolute Gasteiger partial charge is 0.225 e. The number of pyridine rings is 1. The Bertz CT molecular complexity index is 1350. The summed E-state index contributed by atoms with van der Waals surface area (Å²) < 4.78 is 7.73. The van der Waals surface area contributed by atoms with Gasteiger partial charge in [-0.25, -0.2) is 4.98 Å². The molecule has 0 atom stereocenters. The minimum absolute atomic E-state index is 0.288. The van der Waals surface area contributed by atoms with Crippen LogP contribution < -0.4 is 4.74 Å². The van der Waals surface area contributed by atoms with Crippen LogP contribution in [-0.2, 0) is 11.3 Å². The molecule has 2 fully saturated rings. The number of hydrogen-bond acceptors (Lipinski definition) is 4. The molecule has 1 aliphatic heterocycles. The summed E-state index contributed by atoms with van der Waals surface area (Å²) in [5.41, 5.74) is 6.46. The summed E-state index contributed by atoms with van der Waals surface area (Å²) in [5, 5.41) is 0. The van der Waals surface area contributed by atoms with Gasteiger partial charge in [0.1, 0.15) is 11.4 Å². The zero-order chi connectivity index (χ0) is 23.8. The van der Waals surface area contributed by atoms with Crippen molar-refractivity contribution in [3.05, 3.63) is 78.6 Å². The van der Waals surface area contributed by atoms with Gasteiger partial charge in [0.25, 0.3) is 0 Å². The Morgan fingerprint density at radius 1 is 0.914 bits per heavy atom. The van der Waals surface area contributed by atoms with Gasteiger partial charge in [0.2, 0.25) is 5.91 Å². The number of benzene rings is 2. The zero-order valence-electron chi connectivity index (χ0n) is 20.1. The van der Waals surface area contributed by atoms with Crippen LogP contribution in [-0.4, -0.2) is 58.4 Å². The highest BCUT2D eigenvalue weighted by molar-refractivity contribution is 5.81. The molecule has 6 rings (SSSR count). The lowest BCUT2D eigenvalue weighted by molar-refractivity contribution is -0.134. The number of fused-ring (bicyclic) bond motifs is 1. The van der Waals surface area contributed by atoms with Crippen molar-refractivity contribution >= 4 is 11.6 Å². The summed E-state index contributed by atoms with van der Waals surface area (Å²) in [4.78, 5) is 22.1. The number of carbonyl (C=O) groups is 1. The van der Waals surface area contributed by atoms with E-state index in [1.54, 1.807) is 7.11 Å². The maximum Gasteiger partial charge on any atom is 0.225 e. The molecule has 0 radical (unpaired) electrons. The van der Waals surface area contributed by atoms with Crippen LogP contribution in [0.4, 0.5) is 0 Å². The van der Waals surface area contributed by atoms with Crippen molar-refractivity contribution in [1.82, 2.24) is 19.2 Å². The van der Waals surface area contributed by atoms with E-state index in [1.165, 1.54) is 5.56 Å². The molecule has 2 aromatic carbocycles. The van der Waals surface area contributed by atoms with Crippen LogP contribution >= 0.6 is 0 Å². The number of ether oxygens (including phenoxy) is 1. The van der Waals surface area contributed by atoms with Gasteiger partial charge in [0.05, 0.1) is 18.5 Å². The number of imidazole rings is 1. The van der Waals surface area contributed by atoms with Gasteiger partial charge < -0.3 is 14.0 Å².